The Kier molecular flexibility index (Phi) is 3.73. The number of benzene rings is 1. The smallest absolute Gasteiger partial charge is 0.220 e. The summed E-state index contributed by atoms with van der Waals surface area (Å²) in [5.41, 5.74) is 0.730. The van der Waals surface area contributed by atoms with Gasteiger partial charge >= 0.3 is 0 Å². The van der Waals surface area contributed by atoms with Crippen molar-refractivity contribution in [3.8, 4) is 0 Å². The molecule has 1 aromatic carbocycles. The summed E-state index contributed by atoms with van der Waals surface area (Å²) < 4.78 is 30.8. The fourth-order valence-electron chi connectivity index (χ4n) is 1.82. The van der Waals surface area contributed by atoms with E-state index >= 15 is 0 Å². The van der Waals surface area contributed by atoms with Gasteiger partial charge in [0.05, 0.1) is 12.4 Å². The molecule has 6 heteroatoms. The second-order valence-electron chi connectivity index (χ2n) is 3.96. The molecule has 1 aliphatic rings. The molecule has 0 aromatic heterocycles. The average Bonchev–Trinajstić information content (AvgIpc) is 2.68. The van der Waals surface area contributed by atoms with Gasteiger partial charge in [-0.15, -0.1) is 0 Å². The highest BCUT2D eigenvalue weighted by molar-refractivity contribution is 7.88. The van der Waals surface area contributed by atoms with Crippen LogP contribution in [-0.4, -0.2) is 32.1 Å². The summed E-state index contributed by atoms with van der Waals surface area (Å²) in [4.78, 5) is 0. The van der Waals surface area contributed by atoms with E-state index in [1.165, 1.54) is 4.31 Å². The Hall–Kier alpha value is -0.620. The van der Waals surface area contributed by atoms with Gasteiger partial charge in [0.15, 0.2) is 0 Å². The van der Waals surface area contributed by atoms with E-state index in [0.717, 1.165) is 5.56 Å². The zero-order valence-corrected chi connectivity index (χ0v) is 11.0. The molecular weight excluding hydrogens is 262 g/mol. The third-order valence-electron chi connectivity index (χ3n) is 2.70. The zero-order valence-electron chi connectivity index (χ0n) is 9.47. The van der Waals surface area contributed by atoms with Crippen molar-refractivity contribution < 1.29 is 13.2 Å². The molecule has 1 aliphatic heterocycles. The molecule has 0 saturated carbocycles. The van der Waals surface area contributed by atoms with E-state index in [9.17, 15) is 8.42 Å². The third-order valence-corrected chi connectivity index (χ3v) is 4.84. The first kappa shape index (κ1) is 12.8. The Labute approximate surface area is 106 Å². The number of nitrogens with zero attached hydrogens (tertiary/aromatic N) is 1. The highest BCUT2D eigenvalue weighted by Gasteiger charge is 2.31. The van der Waals surface area contributed by atoms with E-state index in [-0.39, 0.29) is 12.0 Å². The molecule has 0 N–H and O–H groups in total. The Morgan fingerprint density at radius 2 is 2.06 bits per heavy atom. The predicted octanol–water partition coefficient (Wildman–Crippen LogP) is 1.85. The molecule has 17 heavy (non-hydrogen) atoms. The number of sulfonamides is 1. The molecule has 1 saturated heterocycles. The Morgan fingerprint density at radius 3 is 2.59 bits per heavy atom. The van der Waals surface area contributed by atoms with Crippen LogP contribution in [-0.2, 0) is 20.5 Å². The highest BCUT2D eigenvalue weighted by Crippen LogP contribution is 2.19. The van der Waals surface area contributed by atoms with Crippen LogP contribution < -0.4 is 0 Å². The van der Waals surface area contributed by atoms with Gasteiger partial charge in [0.2, 0.25) is 10.0 Å². The van der Waals surface area contributed by atoms with Crippen LogP contribution in [0.15, 0.2) is 24.3 Å². The van der Waals surface area contributed by atoms with Gasteiger partial charge in [-0.05, 0) is 24.6 Å². The lowest BCUT2D eigenvalue weighted by Crippen LogP contribution is -2.35. The molecule has 94 valence electrons. The molecule has 0 amide bonds. The van der Waals surface area contributed by atoms with Gasteiger partial charge in [0.25, 0.3) is 0 Å². The molecular formula is C11H14ClNO3S. The van der Waals surface area contributed by atoms with Gasteiger partial charge in [0, 0.05) is 11.6 Å². The summed E-state index contributed by atoms with van der Waals surface area (Å²) in [6, 6.07) is 6.83. The Bertz CT molecular complexity index is 486. The van der Waals surface area contributed by atoms with Gasteiger partial charge in [-0.2, -0.15) is 4.31 Å². The Balaban J connectivity index is 2.14. The average molecular weight is 276 g/mol. The van der Waals surface area contributed by atoms with Crippen molar-refractivity contribution >= 4 is 21.6 Å². The highest BCUT2D eigenvalue weighted by atomic mass is 35.5. The second-order valence-corrected chi connectivity index (χ2v) is 6.32. The summed E-state index contributed by atoms with van der Waals surface area (Å²) in [5, 5.41) is 0.601. The lowest BCUT2D eigenvalue weighted by atomic mass is 10.2. The van der Waals surface area contributed by atoms with Crippen molar-refractivity contribution in [2.24, 2.45) is 0 Å². The zero-order chi connectivity index (χ0) is 12.5. The molecule has 0 bridgehead atoms. The van der Waals surface area contributed by atoms with E-state index in [4.69, 9.17) is 16.3 Å². The summed E-state index contributed by atoms with van der Waals surface area (Å²) in [7, 11) is -3.31. The number of hydrogen-bond acceptors (Lipinski definition) is 3. The molecule has 1 atom stereocenters. The van der Waals surface area contributed by atoms with Crippen LogP contribution >= 0.6 is 11.6 Å². The normalized spacial score (nSPS) is 21.9. The largest absolute Gasteiger partial charge is 0.361 e. The summed E-state index contributed by atoms with van der Waals surface area (Å²) >= 11 is 5.75. The van der Waals surface area contributed by atoms with Gasteiger partial charge in [-0.3, -0.25) is 0 Å². The van der Waals surface area contributed by atoms with Crippen molar-refractivity contribution in [2.75, 3.05) is 13.2 Å². The van der Waals surface area contributed by atoms with Crippen molar-refractivity contribution in [3.63, 3.8) is 0 Å². The lowest BCUT2D eigenvalue weighted by molar-refractivity contribution is 0.0846. The standard InChI is InChI=1S/C11H14ClNO3S/c1-9-13(6-7-16-9)17(14,15)8-10-2-4-11(12)5-3-10/h2-5,9H,6-8H2,1H3. The summed E-state index contributed by atoms with van der Waals surface area (Å²) in [6.07, 6.45) is -0.368. The first-order valence-corrected chi connectivity index (χ1v) is 7.33. The molecule has 0 spiro atoms. The van der Waals surface area contributed by atoms with Crippen molar-refractivity contribution in [2.45, 2.75) is 18.9 Å². The maximum absolute atomic E-state index is 12.1. The molecule has 1 heterocycles. The molecule has 2 rings (SSSR count). The van der Waals surface area contributed by atoms with Crippen LogP contribution in [0.4, 0.5) is 0 Å². The van der Waals surface area contributed by atoms with Crippen LogP contribution in [0.2, 0.25) is 5.02 Å². The van der Waals surface area contributed by atoms with E-state index in [2.05, 4.69) is 0 Å². The van der Waals surface area contributed by atoms with Crippen molar-refractivity contribution in [1.29, 1.82) is 0 Å². The predicted molar refractivity (Wildman–Crippen MR) is 66.2 cm³/mol. The van der Waals surface area contributed by atoms with Crippen LogP contribution in [0.3, 0.4) is 0 Å². The minimum absolute atomic E-state index is 0.0160. The van der Waals surface area contributed by atoms with Crippen LogP contribution in [0.5, 0.6) is 0 Å². The molecule has 1 unspecified atom stereocenters. The fourth-order valence-corrected chi connectivity index (χ4v) is 3.59. The van der Waals surface area contributed by atoms with E-state index < -0.39 is 10.0 Å². The fraction of sp³-hybridized carbons (Fsp3) is 0.455. The SMILES string of the molecule is CC1OCCN1S(=O)(=O)Cc1ccc(Cl)cc1. The molecule has 1 fully saturated rings. The van der Waals surface area contributed by atoms with Gasteiger partial charge in [-0.1, -0.05) is 23.7 Å². The minimum Gasteiger partial charge on any atom is -0.361 e. The van der Waals surface area contributed by atoms with Gasteiger partial charge < -0.3 is 4.74 Å². The lowest BCUT2D eigenvalue weighted by Gasteiger charge is -2.19. The Morgan fingerprint density at radius 1 is 1.41 bits per heavy atom. The van der Waals surface area contributed by atoms with Crippen LogP contribution in [0.1, 0.15) is 12.5 Å². The summed E-state index contributed by atoms with van der Waals surface area (Å²) in [6.45, 7) is 2.63. The number of hydrogen-bond donors (Lipinski definition) is 0. The van der Waals surface area contributed by atoms with E-state index in [1.54, 1.807) is 31.2 Å². The summed E-state index contributed by atoms with van der Waals surface area (Å²) in [5.74, 6) is -0.0160. The number of halogens is 1. The molecule has 1 aromatic rings. The first-order valence-electron chi connectivity index (χ1n) is 5.34. The number of ether oxygens (including phenoxy) is 1. The van der Waals surface area contributed by atoms with Crippen LogP contribution in [0, 0.1) is 0 Å². The topological polar surface area (TPSA) is 46.6 Å². The second kappa shape index (κ2) is 4.94. The third kappa shape index (κ3) is 2.98. The number of rotatable bonds is 3. The van der Waals surface area contributed by atoms with E-state index in [0.29, 0.717) is 18.2 Å². The minimum atomic E-state index is -3.31. The van der Waals surface area contributed by atoms with Crippen molar-refractivity contribution in [3.05, 3.63) is 34.9 Å². The quantitative estimate of drug-likeness (QED) is 0.846. The molecule has 4 nitrogen and oxygen atoms in total. The van der Waals surface area contributed by atoms with Crippen molar-refractivity contribution in [1.82, 2.24) is 4.31 Å². The molecule has 0 radical (unpaired) electrons. The maximum Gasteiger partial charge on any atom is 0.220 e. The van der Waals surface area contributed by atoms with Crippen LogP contribution in [0.25, 0.3) is 0 Å². The van der Waals surface area contributed by atoms with Gasteiger partial charge in [0.1, 0.15) is 6.23 Å². The first-order chi connectivity index (χ1) is 7.99. The van der Waals surface area contributed by atoms with Gasteiger partial charge in [-0.25, -0.2) is 8.42 Å². The maximum atomic E-state index is 12.1. The van der Waals surface area contributed by atoms with E-state index in [1.807, 2.05) is 0 Å². The monoisotopic (exact) mass is 275 g/mol. The molecule has 0 aliphatic carbocycles.